The quantitative estimate of drug-likeness (QED) is 0.399. The number of nitrogens with two attached hydrogens (primary N) is 1. The van der Waals surface area contributed by atoms with Crippen LogP contribution in [-0.2, 0) is 4.74 Å². The average Bonchev–Trinajstić information content (AvgIpc) is 2.68. The third-order valence-electron chi connectivity index (χ3n) is 4.80. The molecule has 25 heavy (non-hydrogen) atoms. The fourth-order valence-electron chi connectivity index (χ4n) is 3.09. The van der Waals surface area contributed by atoms with Gasteiger partial charge in [0.25, 0.3) is 0 Å². The lowest BCUT2D eigenvalue weighted by Crippen LogP contribution is -2.52. The molecule has 3 heterocycles. The van der Waals surface area contributed by atoms with Gasteiger partial charge in [0.15, 0.2) is 5.96 Å². The van der Waals surface area contributed by atoms with E-state index >= 15 is 0 Å². The van der Waals surface area contributed by atoms with Gasteiger partial charge in [-0.3, -0.25) is 4.99 Å². The molecule has 0 radical (unpaired) electrons. The van der Waals surface area contributed by atoms with Crippen LogP contribution in [-0.4, -0.2) is 77.8 Å². The lowest BCUT2D eigenvalue weighted by Gasteiger charge is -2.37. The van der Waals surface area contributed by atoms with Crippen molar-refractivity contribution in [2.45, 2.75) is 17.6 Å². The van der Waals surface area contributed by atoms with Crippen molar-refractivity contribution in [3.8, 4) is 0 Å². The van der Waals surface area contributed by atoms with Gasteiger partial charge in [0.2, 0.25) is 5.95 Å². The predicted octanol–water partition coefficient (Wildman–Crippen LogP) is 1.44. The molecule has 0 aliphatic carbocycles. The van der Waals surface area contributed by atoms with Crippen molar-refractivity contribution in [3.63, 3.8) is 0 Å². The Kier molecular flexibility index (Phi) is 8.01. The van der Waals surface area contributed by atoms with Crippen LogP contribution in [0.15, 0.2) is 23.5 Å². The van der Waals surface area contributed by atoms with E-state index < -0.39 is 0 Å². The van der Waals surface area contributed by atoms with E-state index in [-0.39, 0.29) is 28.7 Å². The number of aliphatic imine (C=N–C) groups is 1. The maximum Gasteiger partial charge on any atom is 0.225 e. The monoisotopic (exact) mass is 478 g/mol. The van der Waals surface area contributed by atoms with Crippen molar-refractivity contribution in [3.05, 3.63) is 18.5 Å². The van der Waals surface area contributed by atoms with E-state index in [4.69, 9.17) is 15.5 Å². The molecule has 3 rings (SSSR count). The molecule has 1 aromatic heterocycles. The van der Waals surface area contributed by atoms with Crippen molar-refractivity contribution in [1.29, 1.82) is 0 Å². The van der Waals surface area contributed by atoms with Crippen molar-refractivity contribution in [2.75, 3.05) is 57.1 Å². The Labute approximate surface area is 170 Å². The fourth-order valence-corrected chi connectivity index (χ4v) is 3.85. The second kappa shape index (κ2) is 9.77. The number of halogens is 1. The summed E-state index contributed by atoms with van der Waals surface area (Å²) in [5, 5.41) is 0. The SMILES string of the molecule is CSC1(CN=C(N)N2CCN(c3ncccn3)CC2)CCOCC1.I. The lowest BCUT2D eigenvalue weighted by molar-refractivity contribution is 0.0793. The van der Waals surface area contributed by atoms with E-state index in [2.05, 4.69) is 26.0 Å². The Hall–Kier alpha value is -0.810. The van der Waals surface area contributed by atoms with E-state index in [0.29, 0.717) is 5.96 Å². The van der Waals surface area contributed by atoms with Crippen molar-refractivity contribution < 1.29 is 4.74 Å². The molecule has 0 aromatic carbocycles. The summed E-state index contributed by atoms with van der Waals surface area (Å²) in [7, 11) is 0. The zero-order chi connectivity index (χ0) is 16.8. The summed E-state index contributed by atoms with van der Waals surface area (Å²) in [5.74, 6) is 1.44. The molecule has 2 fully saturated rings. The Morgan fingerprint density at radius 2 is 1.88 bits per heavy atom. The van der Waals surface area contributed by atoms with Crippen molar-refractivity contribution in [1.82, 2.24) is 14.9 Å². The Morgan fingerprint density at radius 1 is 1.24 bits per heavy atom. The molecule has 7 nitrogen and oxygen atoms in total. The molecule has 0 spiro atoms. The standard InChI is InChI=1S/C16H26N6OS.HI/c1-24-16(3-11-23-12-4-16)13-20-14(17)21-7-9-22(10-8-21)15-18-5-2-6-19-15;/h2,5-6H,3-4,7-13H2,1H3,(H2,17,20);1H. The number of rotatable bonds is 4. The van der Waals surface area contributed by atoms with Gasteiger partial charge in [0.05, 0.1) is 6.54 Å². The van der Waals surface area contributed by atoms with Crippen molar-refractivity contribution >= 4 is 47.6 Å². The first kappa shape index (κ1) is 20.5. The average molecular weight is 478 g/mol. The normalized spacial score (nSPS) is 20.9. The number of hydrogen-bond acceptors (Lipinski definition) is 6. The molecule has 0 amide bonds. The molecule has 140 valence electrons. The summed E-state index contributed by atoms with van der Waals surface area (Å²) >= 11 is 1.89. The number of hydrogen-bond donors (Lipinski definition) is 1. The fraction of sp³-hybridized carbons (Fsp3) is 0.688. The molecule has 9 heteroatoms. The highest BCUT2D eigenvalue weighted by molar-refractivity contribution is 14.0. The van der Waals surface area contributed by atoms with Crippen LogP contribution in [0.3, 0.4) is 0 Å². The summed E-state index contributed by atoms with van der Waals surface area (Å²) in [6, 6.07) is 1.84. The van der Waals surface area contributed by atoms with Gasteiger partial charge in [0, 0.05) is 56.5 Å². The van der Waals surface area contributed by atoms with Crippen LogP contribution in [0.1, 0.15) is 12.8 Å². The maximum atomic E-state index is 6.25. The molecule has 2 N–H and O–H groups in total. The summed E-state index contributed by atoms with van der Waals surface area (Å²) in [4.78, 5) is 17.7. The van der Waals surface area contributed by atoms with Crippen LogP contribution < -0.4 is 10.6 Å². The van der Waals surface area contributed by atoms with E-state index in [1.807, 2.05) is 17.8 Å². The van der Waals surface area contributed by atoms with Crippen LogP contribution in [0.25, 0.3) is 0 Å². The number of thioether (sulfide) groups is 1. The van der Waals surface area contributed by atoms with Crippen LogP contribution in [0.5, 0.6) is 0 Å². The van der Waals surface area contributed by atoms with E-state index in [1.54, 1.807) is 12.4 Å². The number of anilines is 1. The molecule has 2 aliphatic heterocycles. The molecular weight excluding hydrogens is 451 g/mol. The minimum atomic E-state index is 0. The van der Waals surface area contributed by atoms with Gasteiger partial charge in [-0.1, -0.05) is 0 Å². The van der Waals surface area contributed by atoms with E-state index in [1.165, 1.54) is 0 Å². The summed E-state index contributed by atoms with van der Waals surface area (Å²) in [5.41, 5.74) is 6.25. The van der Waals surface area contributed by atoms with Gasteiger partial charge < -0.3 is 20.3 Å². The molecule has 0 atom stereocenters. The van der Waals surface area contributed by atoms with Gasteiger partial charge in [-0.25, -0.2) is 9.97 Å². The van der Waals surface area contributed by atoms with Crippen LogP contribution in [0.4, 0.5) is 5.95 Å². The first-order valence-electron chi connectivity index (χ1n) is 8.42. The Morgan fingerprint density at radius 3 is 2.48 bits per heavy atom. The number of nitrogens with zero attached hydrogens (tertiary/aromatic N) is 5. The topological polar surface area (TPSA) is 79.9 Å². The predicted molar refractivity (Wildman–Crippen MR) is 114 cm³/mol. The zero-order valence-corrected chi connectivity index (χ0v) is 17.8. The molecule has 1 aromatic rings. The summed E-state index contributed by atoms with van der Waals surface area (Å²) in [6.45, 7) is 5.85. The Bertz CT molecular complexity index is 547. The van der Waals surface area contributed by atoms with Gasteiger partial charge in [-0.15, -0.1) is 24.0 Å². The second-order valence-corrected chi connectivity index (χ2v) is 7.47. The third kappa shape index (κ3) is 5.33. The van der Waals surface area contributed by atoms with Crippen LogP contribution in [0.2, 0.25) is 0 Å². The highest BCUT2D eigenvalue weighted by Gasteiger charge is 2.32. The van der Waals surface area contributed by atoms with E-state index in [9.17, 15) is 0 Å². The first-order chi connectivity index (χ1) is 11.7. The molecular formula is C16H27IN6OS. The minimum absolute atomic E-state index is 0. The van der Waals surface area contributed by atoms with Gasteiger partial charge in [-0.2, -0.15) is 11.8 Å². The van der Waals surface area contributed by atoms with Crippen LogP contribution in [0, 0.1) is 0 Å². The zero-order valence-electron chi connectivity index (χ0n) is 14.6. The minimum Gasteiger partial charge on any atom is -0.381 e. The summed E-state index contributed by atoms with van der Waals surface area (Å²) < 4.78 is 5.67. The van der Waals surface area contributed by atoms with Gasteiger partial charge in [-0.05, 0) is 25.2 Å². The van der Waals surface area contributed by atoms with Gasteiger partial charge >= 0.3 is 0 Å². The highest BCUT2D eigenvalue weighted by atomic mass is 127. The molecule has 0 unspecified atom stereocenters. The largest absolute Gasteiger partial charge is 0.381 e. The third-order valence-corrected chi connectivity index (χ3v) is 6.21. The maximum absolute atomic E-state index is 6.25. The number of aromatic nitrogens is 2. The smallest absolute Gasteiger partial charge is 0.225 e. The number of guanidine groups is 1. The highest BCUT2D eigenvalue weighted by Crippen LogP contribution is 2.34. The number of piperazine rings is 1. The Balaban J connectivity index is 0.00000225. The van der Waals surface area contributed by atoms with E-state index in [0.717, 1.165) is 64.7 Å². The van der Waals surface area contributed by atoms with Gasteiger partial charge in [0.1, 0.15) is 0 Å². The number of ether oxygens (including phenoxy) is 1. The second-order valence-electron chi connectivity index (χ2n) is 6.20. The lowest BCUT2D eigenvalue weighted by atomic mass is 9.99. The first-order valence-corrected chi connectivity index (χ1v) is 9.65. The molecule has 0 bridgehead atoms. The van der Waals surface area contributed by atoms with Crippen LogP contribution >= 0.6 is 35.7 Å². The molecule has 2 aliphatic rings. The molecule has 2 saturated heterocycles. The summed E-state index contributed by atoms with van der Waals surface area (Å²) in [6.07, 6.45) is 7.81. The molecule has 0 saturated carbocycles. The van der Waals surface area contributed by atoms with Crippen molar-refractivity contribution in [2.24, 2.45) is 10.7 Å².